The van der Waals surface area contributed by atoms with Crippen molar-refractivity contribution in [2.45, 2.75) is 13.2 Å². The van der Waals surface area contributed by atoms with E-state index in [-0.39, 0.29) is 6.61 Å². The van der Waals surface area contributed by atoms with Gasteiger partial charge in [-0.15, -0.1) is 0 Å². The predicted molar refractivity (Wildman–Crippen MR) is 90.8 cm³/mol. The van der Waals surface area contributed by atoms with Crippen molar-refractivity contribution in [1.29, 1.82) is 0 Å². The molecule has 0 radical (unpaired) electrons. The van der Waals surface area contributed by atoms with Crippen molar-refractivity contribution in [2.24, 2.45) is 0 Å². The number of amides is 1. The maximum absolute atomic E-state index is 12.4. The summed E-state index contributed by atoms with van der Waals surface area (Å²) < 4.78 is 10.5. The third-order valence-electron chi connectivity index (χ3n) is 3.27. The van der Waals surface area contributed by atoms with Crippen LogP contribution in [0.5, 0.6) is 0 Å². The average molecular weight is 348 g/mol. The summed E-state index contributed by atoms with van der Waals surface area (Å²) in [6.07, 6.45) is -1.48. The molecule has 0 saturated carbocycles. The third kappa shape index (κ3) is 4.49. The Morgan fingerprint density at radius 3 is 2.46 bits per heavy atom. The van der Waals surface area contributed by atoms with E-state index in [1.807, 2.05) is 6.07 Å². The number of ether oxygens (including phenoxy) is 2. The van der Waals surface area contributed by atoms with E-state index < -0.39 is 18.3 Å². The molecule has 24 heavy (non-hydrogen) atoms. The van der Waals surface area contributed by atoms with E-state index >= 15 is 0 Å². The quantitative estimate of drug-likeness (QED) is 0.598. The first kappa shape index (κ1) is 17.8. The van der Waals surface area contributed by atoms with Gasteiger partial charge in [0.15, 0.2) is 0 Å². The standard InChI is InChI=1S/C18H18ClNO4/c1-3-23-18(22)20(2)16(13-8-5-4-6-9-13)24-17(21)14-10-7-11-15(19)12-14/h4-12,16H,3H2,1-2H3. The number of rotatable bonds is 5. The lowest BCUT2D eigenvalue weighted by Crippen LogP contribution is -2.34. The molecule has 2 aromatic carbocycles. The summed E-state index contributed by atoms with van der Waals surface area (Å²) in [6, 6.07) is 15.4. The van der Waals surface area contributed by atoms with Crippen molar-refractivity contribution in [3.8, 4) is 0 Å². The highest BCUT2D eigenvalue weighted by Gasteiger charge is 2.26. The minimum atomic E-state index is -0.906. The van der Waals surface area contributed by atoms with Gasteiger partial charge in [-0.3, -0.25) is 4.90 Å². The molecule has 0 saturated heterocycles. The molecule has 0 spiro atoms. The fraction of sp³-hybridized carbons (Fsp3) is 0.222. The van der Waals surface area contributed by atoms with E-state index in [1.54, 1.807) is 49.4 Å². The second-order valence-corrected chi connectivity index (χ2v) is 5.42. The number of nitrogens with zero attached hydrogens (tertiary/aromatic N) is 1. The summed E-state index contributed by atoms with van der Waals surface area (Å²) in [4.78, 5) is 25.7. The van der Waals surface area contributed by atoms with Crippen LogP contribution in [0.4, 0.5) is 4.79 Å². The van der Waals surface area contributed by atoms with Gasteiger partial charge in [0.2, 0.25) is 6.23 Å². The van der Waals surface area contributed by atoms with E-state index in [0.29, 0.717) is 16.1 Å². The average Bonchev–Trinajstić information content (AvgIpc) is 2.60. The van der Waals surface area contributed by atoms with Crippen molar-refractivity contribution in [2.75, 3.05) is 13.7 Å². The van der Waals surface area contributed by atoms with Crippen LogP contribution in [0.25, 0.3) is 0 Å². The Balaban J connectivity index is 2.26. The van der Waals surface area contributed by atoms with Gasteiger partial charge < -0.3 is 9.47 Å². The van der Waals surface area contributed by atoms with Crippen molar-refractivity contribution >= 4 is 23.7 Å². The van der Waals surface area contributed by atoms with Gasteiger partial charge >= 0.3 is 12.1 Å². The zero-order chi connectivity index (χ0) is 17.5. The molecule has 6 heteroatoms. The topological polar surface area (TPSA) is 55.8 Å². The summed E-state index contributed by atoms with van der Waals surface area (Å²) >= 11 is 5.90. The molecule has 0 N–H and O–H groups in total. The smallest absolute Gasteiger partial charge is 0.412 e. The highest BCUT2D eigenvalue weighted by molar-refractivity contribution is 6.30. The van der Waals surface area contributed by atoms with Crippen molar-refractivity contribution in [3.63, 3.8) is 0 Å². The van der Waals surface area contributed by atoms with Crippen LogP contribution in [0.3, 0.4) is 0 Å². The second-order valence-electron chi connectivity index (χ2n) is 4.99. The van der Waals surface area contributed by atoms with Gasteiger partial charge in [0.05, 0.1) is 12.2 Å². The molecule has 0 aromatic heterocycles. The molecular weight excluding hydrogens is 330 g/mol. The molecule has 126 valence electrons. The fourth-order valence-electron chi connectivity index (χ4n) is 2.09. The van der Waals surface area contributed by atoms with E-state index in [9.17, 15) is 9.59 Å². The Morgan fingerprint density at radius 1 is 1.12 bits per heavy atom. The number of halogens is 1. The fourth-order valence-corrected chi connectivity index (χ4v) is 2.28. The van der Waals surface area contributed by atoms with Gasteiger partial charge in [-0.25, -0.2) is 9.59 Å². The van der Waals surface area contributed by atoms with Gasteiger partial charge in [-0.2, -0.15) is 0 Å². The highest BCUT2D eigenvalue weighted by Crippen LogP contribution is 2.24. The lowest BCUT2D eigenvalue weighted by atomic mass is 10.2. The van der Waals surface area contributed by atoms with Crippen molar-refractivity contribution in [1.82, 2.24) is 4.90 Å². The molecule has 1 atom stereocenters. The predicted octanol–water partition coefficient (Wildman–Crippen LogP) is 4.28. The summed E-state index contributed by atoms with van der Waals surface area (Å²) in [5, 5.41) is 0.430. The Bertz CT molecular complexity index is 705. The summed E-state index contributed by atoms with van der Waals surface area (Å²) in [5.41, 5.74) is 0.962. The minimum Gasteiger partial charge on any atom is -0.450 e. The summed E-state index contributed by atoms with van der Waals surface area (Å²) in [6.45, 7) is 1.94. The number of hydrogen-bond donors (Lipinski definition) is 0. The largest absolute Gasteiger partial charge is 0.450 e. The second kappa shape index (κ2) is 8.36. The van der Waals surface area contributed by atoms with Gasteiger partial charge in [-0.05, 0) is 25.1 Å². The molecule has 0 aliphatic carbocycles. The SMILES string of the molecule is CCOC(=O)N(C)C(OC(=O)c1cccc(Cl)c1)c1ccccc1. The minimum absolute atomic E-state index is 0.229. The van der Waals surface area contributed by atoms with Crippen LogP contribution < -0.4 is 0 Å². The Labute approximate surface area is 145 Å². The van der Waals surface area contributed by atoms with Gasteiger partial charge in [0.1, 0.15) is 0 Å². The molecule has 2 rings (SSSR count). The maximum atomic E-state index is 12.4. The molecule has 2 aromatic rings. The highest BCUT2D eigenvalue weighted by atomic mass is 35.5. The molecule has 0 fully saturated rings. The first-order valence-electron chi connectivity index (χ1n) is 7.44. The molecule has 0 bridgehead atoms. The normalized spacial score (nSPS) is 11.5. The van der Waals surface area contributed by atoms with Crippen LogP contribution in [-0.2, 0) is 9.47 Å². The van der Waals surface area contributed by atoms with E-state index in [4.69, 9.17) is 21.1 Å². The van der Waals surface area contributed by atoms with Gasteiger partial charge in [0, 0.05) is 17.6 Å². The van der Waals surface area contributed by atoms with E-state index in [1.165, 1.54) is 18.0 Å². The van der Waals surface area contributed by atoms with Crippen molar-refractivity contribution in [3.05, 3.63) is 70.7 Å². The Kier molecular flexibility index (Phi) is 6.21. The Hall–Kier alpha value is -2.53. The molecule has 0 aliphatic rings. The first-order valence-corrected chi connectivity index (χ1v) is 7.81. The zero-order valence-electron chi connectivity index (χ0n) is 13.4. The monoisotopic (exact) mass is 347 g/mol. The summed E-state index contributed by atoms with van der Waals surface area (Å²) in [5.74, 6) is -0.581. The lowest BCUT2D eigenvalue weighted by Gasteiger charge is -2.27. The maximum Gasteiger partial charge on any atom is 0.412 e. The van der Waals surface area contributed by atoms with Crippen LogP contribution in [0.1, 0.15) is 29.1 Å². The van der Waals surface area contributed by atoms with Crippen LogP contribution in [0.15, 0.2) is 54.6 Å². The first-order chi connectivity index (χ1) is 11.5. The third-order valence-corrected chi connectivity index (χ3v) is 3.51. The molecule has 1 amide bonds. The number of carbonyl (C=O) groups excluding carboxylic acids is 2. The van der Waals surface area contributed by atoms with Gasteiger partial charge in [0.25, 0.3) is 0 Å². The Morgan fingerprint density at radius 2 is 1.83 bits per heavy atom. The van der Waals surface area contributed by atoms with Crippen LogP contribution >= 0.6 is 11.6 Å². The zero-order valence-corrected chi connectivity index (χ0v) is 14.2. The van der Waals surface area contributed by atoms with E-state index in [2.05, 4.69) is 0 Å². The number of carbonyl (C=O) groups is 2. The number of hydrogen-bond acceptors (Lipinski definition) is 4. The van der Waals surface area contributed by atoms with Crippen LogP contribution in [0.2, 0.25) is 5.02 Å². The molecule has 0 heterocycles. The number of benzene rings is 2. The van der Waals surface area contributed by atoms with Gasteiger partial charge in [-0.1, -0.05) is 48.0 Å². The molecule has 1 unspecified atom stereocenters. The number of esters is 1. The lowest BCUT2D eigenvalue weighted by molar-refractivity contribution is -0.0226. The molecular formula is C18H18ClNO4. The molecule has 5 nitrogen and oxygen atoms in total. The van der Waals surface area contributed by atoms with Crippen LogP contribution in [0, 0.1) is 0 Å². The molecule has 0 aliphatic heterocycles. The van der Waals surface area contributed by atoms with Crippen LogP contribution in [-0.4, -0.2) is 30.6 Å². The van der Waals surface area contributed by atoms with E-state index in [0.717, 1.165) is 0 Å². The van der Waals surface area contributed by atoms with Crippen molar-refractivity contribution < 1.29 is 19.1 Å². The summed E-state index contributed by atoms with van der Waals surface area (Å²) in [7, 11) is 1.51.